The molecule has 1 amide bonds. The van der Waals surface area contributed by atoms with Crippen LogP contribution in [0.4, 0.5) is 5.13 Å². The van der Waals surface area contributed by atoms with Crippen molar-refractivity contribution >= 4 is 39.1 Å². The number of hydrogen-bond acceptors (Lipinski definition) is 7. The van der Waals surface area contributed by atoms with Crippen LogP contribution in [0.15, 0.2) is 83.0 Å². The highest BCUT2D eigenvalue weighted by Gasteiger charge is 2.23. The predicted octanol–water partition coefficient (Wildman–Crippen LogP) is 5.44. The van der Waals surface area contributed by atoms with E-state index in [-0.39, 0.29) is 11.3 Å². The van der Waals surface area contributed by atoms with Gasteiger partial charge in [-0.2, -0.15) is 0 Å². The summed E-state index contributed by atoms with van der Waals surface area (Å²) in [5.41, 5.74) is 3.72. The normalized spacial score (nSPS) is 10.8. The van der Waals surface area contributed by atoms with Crippen molar-refractivity contribution in [3.05, 3.63) is 99.8 Å². The van der Waals surface area contributed by atoms with Gasteiger partial charge in [0.25, 0.3) is 11.5 Å². The van der Waals surface area contributed by atoms with Crippen LogP contribution in [0.2, 0.25) is 0 Å². The number of nitrogens with one attached hydrogen (secondary N) is 1. The van der Waals surface area contributed by atoms with Gasteiger partial charge in [0.1, 0.15) is 11.4 Å². The number of aryl methyl sites for hydroxylation is 1. The number of anilines is 1. The molecule has 2 aromatic heterocycles. The quantitative estimate of drug-likeness (QED) is 0.277. The molecule has 0 spiro atoms. The molecule has 5 rings (SSSR count). The van der Waals surface area contributed by atoms with Crippen molar-refractivity contribution in [2.24, 2.45) is 7.05 Å². The van der Waals surface area contributed by atoms with Gasteiger partial charge in [0.15, 0.2) is 11.7 Å². The van der Waals surface area contributed by atoms with Crippen LogP contribution in [-0.4, -0.2) is 35.1 Å². The molecule has 0 aliphatic carbocycles. The lowest BCUT2D eigenvalue weighted by Crippen LogP contribution is -2.28. The highest BCUT2D eigenvalue weighted by atomic mass is 32.1. The van der Waals surface area contributed by atoms with E-state index in [9.17, 15) is 14.4 Å². The summed E-state index contributed by atoms with van der Waals surface area (Å²) in [4.78, 5) is 43.5. The number of rotatable bonds is 7. The summed E-state index contributed by atoms with van der Waals surface area (Å²) in [6.45, 7) is 1.43. The minimum atomic E-state index is -0.774. The Morgan fingerprint density at radius 2 is 1.62 bits per heavy atom. The third-order valence-electron chi connectivity index (χ3n) is 6.31. The smallest absolute Gasteiger partial charge is 0.356 e. The van der Waals surface area contributed by atoms with Crippen LogP contribution in [0, 0.1) is 6.92 Å². The van der Waals surface area contributed by atoms with E-state index in [2.05, 4.69) is 10.3 Å². The lowest BCUT2D eigenvalue weighted by atomic mass is 9.96. The van der Waals surface area contributed by atoms with Gasteiger partial charge in [0.05, 0.1) is 12.8 Å². The zero-order valence-electron chi connectivity index (χ0n) is 21.6. The molecule has 0 radical (unpaired) electrons. The van der Waals surface area contributed by atoms with Crippen LogP contribution in [-0.2, 0) is 16.6 Å². The number of methoxy groups -OCH3 is 1. The van der Waals surface area contributed by atoms with Crippen molar-refractivity contribution in [1.82, 2.24) is 9.55 Å². The van der Waals surface area contributed by atoms with Gasteiger partial charge in [0, 0.05) is 28.9 Å². The number of nitrogens with zero attached hydrogens (tertiary/aromatic N) is 2. The lowest BCUT2D eigenvalue weighted by Gasteiger charge is -2.17. The van der Waals surface area contributed by atoms with E-state index in [1.165, 1.54) is 23.0 Å². The summed E-state index contributed by atoms with van der Waals surface area (Å²) in [5, 5.41) is 5.99. The van der Waals surface area contributed by atoms with E-state index < -0.39 is 18.5 Å². The van der Waals surface area contributed by atoms with Gasteiger partial charge in [0.2, 0.25) is 0 Å². The lowest BCUT2D eigenvalue weighted by molar-refractivity contribution is -0.119. The summed E-state index contributed by atoms with van der Waals surface area (Å²) in [7, 11) is 3.13. The summed E-state index contributed by atoms with van der Waals surface area (Å²) in [6, 6.07) is 22.2. The molecular weight excluding hydrogens is 514 g/mol. The number of pyridine rings is 1. The first kappa shape index (κ1) is 25.9. The van der Waals surface area contributed by atoms with Crippen LogP contribution in [0.1, 0.15) is 16.1 Å². The minimum Gasteiger partial charge on any atom is -0.497 e. The minimum absolute atomic E-state index is 0.0754. The topological polar surface area (TPSA) is 99.5 Å². The van der Waals surface area contributed by atoms with E-state index in [4.69, 9.17) is 9.47 Å². The summed E-state index contributed by atoms with van der Waals surface area (Å²) in [6.07, 6.45) is 0. The van der Waals surface area contributed by atoms with Crippen molar-refractivity contribution in [3.63, 3.8) is 0 Å². The van der Waals surface area contributed by atoms with Crippen LogP contribution in [0.25, 0.3) is 33.2 Å². The van der Waals surface area contributed by atoms with Crippen molar-refractivity contribution in [2.75, 3.05) is 19.0 Å². The third-order valence-corrected chi connectivity index (χ3v) is 7.07. The Kier molecular flexibility index (Phi) is 7.25. The van der Waals surface area contributed by atoms with Crippen LogP contribution < -0.4 is 15.6 Å². The van der Waals surface area contributed by atoms with E-state index in [1.54, 1.807) is 25.3 Å². The number of fused-ring (bicyclic) bond motifs is 1. The molecule has 0 saturated carbocycles. The molecule has 2 heterocycles. The van der Waals surface area contributed by atoms with Gasteiger partial charge in [-0.05, 0) is 48.2 Å². The van der Waals surface area contributed by atoms with E-state index in [1.807, 2.05) is 66.9 Å². The van der Waals surface area contributed by atoms with E-state index in [0.29, 0.717) is 27.2 Å². The zero-order valence-corrected chi connectivity index (χ0v) is 22.4. The highest BCUT2D eigenvalue weighted by molar-refractivity contribution is 7.14. The fourth-order valence-corrected chi connectivity index (χ4v) is 5.03. The maximum Gasteiger partial charge on any atom is 0.356 e. The Balaban J connectivity index is 1.37. The molecule has 0 aliphatic heterocycles. The number of carbonyl (C=O) groups is 2. The van der Waals surface area contributed by atoms with Crippen molar-refractivity contribution in [1.29, 1.82) is 0 Å². The first-order chi connectivity index (χ1) is 18.9. The Hall–Kier alpha value is -4.76. The van der Waals surface area contributed by atoms with Crippen LogP contribution in [0.3, 0.4) is 0 Å². The maximum atomic E-state index is 13.3. The summed E-state index contributed by atoms with van der Waals surface area (Å²) >= 11 is 1.26. The third kappa shape index (κ3) is 5.30. The molecule has 0 unspecified atom stereocenters. The number of amides is 1. The van der Waals surface area contributed by atoms with Gasteiger partial charge in [-0.1, -0.05) is 48.0 Å². The fraction of sp³-hybridized carbons (Fsp3) is 0.133. The van der Waals surface area contributed by atoms with Gasteiger partial charge >= 0.3 is 5.97 Å². The van der Waals surface area contributed by atoms with E-state index in [0.717, 1.165) is 22.4 Å². The summed E-state index contributed by atoms with van der Waals surface area (Å²) < 4.78 is 11.9. The standard InChI is InChI=1S/C30H25N3O5S/c1-18-8-10-20(11-9-18)26-22-6-4-5-7-23(22)28(35)33(2)27(26)29(36)38-16-25(34)32-30-31-24(17-39-30)19-12-14-21(37-3)15-13-19/h4-15,17H,16H2,1-3H3,(H,31,32,34). The molecule has 9 heteroatoms. The average Bonchev–Trinajstić information content (AvgIpc) is 3.42. The number of thiazole rings is 1. The zero-order chi connectivity index (χ0) is 27.5. The molecule has 0 bridgehead atoms. The first-order valence-corrected chi connectivity index (χ1v) is 13.0. The monoisotopic (exact) mass is 539 g/mol. The van der Waals surface area contributed by atoms with Gasteiger partial charge in [-0.25, -0.2) is 9.78 Å². The number of hydrogen-bond donors (Lipinski definition) is 1. The largest absolute Gasteiger partial charge is 0.497 e. The number of carbonyl (C=O) groups excluding carboxylic acids is 2. The number of esters is 1. The molecule has 5 aromatic rings. The molecule has 0 atom stereocenters. The second-order valence-electron chi connectivity index (χ2n) is 8.89. The number of benzene rings is 3. The van der Waals surface area contributed by atoms with Crippen molar-refractivity contribution < 1.29 is 19.1 Å². The van der Waals surface area contributed by atoms with Gasteiger partial charge in [-0.3, -0.25) is 14.9 Å². The van der Waals surface area contributed by atoms with Crippen molar-refractivity contribution in [2.45, 2.75) is 6.92 Å². The Bertz CT molecular complexity index is 1740. The van der Waals surface area contributed by atoms with Crippen LogP contribution in [0.5, 0.6) is 5.75 Å². The molecule has 0 fully saturated rings. The van der Waals surface area contributed by atoms with Crippen LogP contribution >= 0.6 is 11.3 Å². The maximum absolute atomic E-state index is 13.3. The van der Waals surface area contributed by atoms with E-state index >= 15 is 0 Å². The second-order valence-corrected chi connectivity index (χ2v) is 9.75. The summed E-state index contributed by atoms with van der Waals surface area (Å²) in [5.74, 6) is -0.579. The fourth-order valence-electron chi connectivity index (χ4n) is 4.30. The number of aromatic nitrogens is 2. The first-order valence-electron chi connectivity index (χ1n) is 12.1. The van der Waals surface area contributed by atoms with Gasteiger partial charge in [-0.15, -0.1) is 11.3 Å². The molecule has 0 aliphatic rings. The molecule has 1 N–H and O–H groups in total. The Morgan fingerprint density at radius 3 is 2.31 bits per heavy atom. The Labute approximate surface area is 228 Å². The molecule has 196 valence electrons. The molecule has 0 saturated heterocycles. The molecule has 39 heavy (non-hydrogen) atoms. The Morgan fingerprint density at radius 1 is 0.949 bits per heavy atom. The number of ether oxygens (including phenoxy) is 2. The molecule has 8 nitrogen and oxygen atoms in total. The average molecular weight is 540 g/mol. The molecular formula is C30H25N3O5S. The molecule has 3 aromatic carbocycles. The van der Waals surface area contributed by atoms with Gasteiger partial charge < -0.3 is 14.0 Å². The second kappa shape index (κ2) is 10.9. The highest BCUT2D eigenvalue weighted by Crippen LogP contribution is 2.31. The SMILES string of the molecule is COc1ccc(-c2csc(NC(=O)COC(=O)c3c(-c4ccc(C)cc4)c4ccccc4c(=O)n3C)n2)cc1. The van der Waals surface area contributed by atoms with Crippen molar-refractivity contribution in [3.8, 4) is 28.1 Å². The predicted molar refractivity (Wildman–Crippen MR) is 152 cm³/mol.